The molecule has 96 valence electrons. The molecule has 0 saturated heterocycles. The molecule has 0 aliphatic rings. The first-order valence-corrected chi connectivity index (χ1v) is 6.69. The number of fused-ring (bicyclic) bond motifs is 1. The smallest absolute Gasteiger partial charge is 0.276 e. The predicted molar refractivity (Wildman–Crippen MR) is 74.7 cm³/mol. The van der Waals surface area contributed by atoms with E-state index in [1.54, 1.807) is 10.6 Å². The maximum atomic E-state index is 12.3. The Labute approximate surface area is 113 Å². The van der Waals surface area contributed by atoms with Crippen LogP contribution in [0.3, 0.4) is 0 Å². The highest BCUT2D eigenvalue weighted by molar-refractivity contribution is 7.13. The number of carbonyl (C=O) groups is 1. The number of pyridine rings is 1. The Morgan fingerprint density at radius 1 is 1.42 bits per heavy atom. The SMILES string of the molecule is Cc1ccn2c(C(=O)Nc3nccs3)c(C)nc2c1. The third-order valence-corrected chi connectivity index (χ3v) is 3.51. The Balaban J connectivity index is 2.04. The first kappa shape index (κ1) is 11.9. The molecule has 5 nitrogen and oxygen atoms in total. The molecule has 0 fully saturated rings. The molecular weight excluding hydrogens is 260 g/mol. The molecule has 0 aliphatic heterocycles. The molecule has 6 heteroatoms. The number of rotatable bonds is 2. The molecule has 0 spiro atoms. The van der Waals surface area contributed by atoms with E-state index in [4.69, 9.17) is 0 Å². The first-order chi connectivity index (χ1) is 9.15. The molecule has 0 radical (unpaired) electrons. The number of hydrogen-bond donors (Lipinski definition) is 1. The minimum atomic E-state index is -0.191. The lowest BCUT2D eigenvalue weighted by atomic mass is 10.3. The van der Waals surface area contributed by atoms with Crippen LogP contribution in [0.25, 0.3) is 5.65 Å². The zero-order chi connectivity index (χ0) is 13.4. The summed E-state index contributed by atoms with van der Waals surface area (Å²) >= 11 is 1.39. The zero-order valence-electron chi connectivity index (χ0n) is 10.5. The lowest BCUT2D eigenvalue weighted by Gasteiger charge is -2.03. The van der Waals surface area contributed by atoms with Crippen LogP contribution < -0.4 is 5.32 Å². The summed E-state index contributed by atoms with van der Waals surface area (Å²) in [6.07, 6.45) is 3.52. The van der Waals surface area contributed by atoms with Crippen molar-refractivity contribution in [1.29, 1.82) is 0 Å². The van der Waals surface area contributed by atoms with E-state index in [9.17, 15) is 4.79 Å². The molecule has 19 heavy (non-hydrogen) atoms. The number of hydrogen-bond acceptors (Lipinski definition) is 4. The summed E-state index contributed by atoms with van der Waals surface area (Å²) in [6, 6.07) is 3.90. The summed E-state index contributed by atoms with van der Waals surface area (Å²) in [4.78, 5) is 20.7. The Hall–Kier alpha value is -2.21. The van der Waals surface area contributed by atoms with E-state index in [-0.39, 0.29) is 5.91 Å². The number of nitrogens with one attached hydrogen (secondary N) is 1. The van der Waals surface area contributed by atoms with Gasteiger partial charge in [0.15, 0.2) is 5.13 Å². The largest absolute Gasteiger partial charge is 0.296 e. The van der Waals surface area contributed by atoms with Gasteiger partial charge in [0.2, 0.25) is 0 Å². The van der Waals surface area contributed by atoms with Crippen LogP contribution in [0.1, 0.15) is 21.7 Å². The third kappa shape index (κ3) is 2.10. The van der Waals surface area contributed by atoms with E-state index in [1.165, 1.54) is 11.3 Å². The highest BCUT2D eigenvalue weighted by atomic mass is 32.1. The zero-order valence-corrected chi connectivity index (χ0v) is 11.4. The fourth-order valence-corrected chi connectivity index (χ4v) is 2.50. The van der Waals surface area contributed by atoms with Crippen molar-refractivity contribution in [2.75, 3.05) is 5.32 Å². The lowest BCUT2D eigenvalue weighted by molar-refractivity contribution is 0.102. The van der Waals surface area contributed by atoms with Gasteiger partial charge in [-0.15, -0.1) is 11.3 Å². The number of aryl methyl sites for hydroxylation is 2. The quantitative estimate of drug-likeness (QED) is 0.780. The fraction of sp³-hybridized carbons (Fsp3) is 0.154. The van der Waals surface area contributed by atoms with Gasteiger partial charge in [-0.2, -0.15) is 0 Å². The summed E-state index contributed by atoms with van der Waals surface area (Å²) in [5.74, 6) is -0.191. The average Bonchev–Trinajstić information content (AvgIpc) is 2.95. The van der Waals surface area contributed by atoms with Crippen molar-refractivity contribution in [3.63, 3.8) is 0 Å². The van der Waals surface area contributed by atoms with E-state index in [0.717, 1.165) is 11.2 Å². The van der Waals surface area contributed by atoms with Crippen molar-refractivity contribution in [1.82, 2.24) is 14.4 Å². The van der Waals surface area contributed by atoms with Crippen LogP contribution >= 0.6 is 11.3 Å². The van der Waals surface area contributed by atoms with Gasteiger partial charge in [0, 0.05) is 17.8 Å². The highest BCUT2D eigenvalue weighted by Crippen LogP contribution is 2.17. The average molecular weight is 272 g/mol. The second kappa shape index (κ2) is 4.47. The molecule has 3 rings (SSSR count). The van der Waals surface area contributed by atoms with Gasteiger partial charge in [-0.25, -0.2) is 9.97 Å². The van der Waals surface area contributed by atoms with E-state index in [0.29, 0.717) is 16.5 Å². The molecule has 3 aromatic rings. The van der Waals surface area contributed by atoms with Crippen molar-refractivity contribution in [3.8, 4) is 0 Å². The van der Waals surface area contributed by atoms with Crippen LogP contribution in [0.2, 0.25) is 0 Å². The van der Waals surface area contributed by atoms with Gasteiger partial charge in [-0.05, 0) is 31.5 Å². The number of amides is 1. The molecule has 0 bridgehead atoms. The van der Waals surface area contributed by atoms with Crippen molar-refractivity contribution >= 4 is 28.0 Å². The van der Waals surface area contributed by atoms with Crippen LogP contribution in [0.4, 0.5) is 5.13 Å². The Bertz CT molecular complexity index is 745. The van der Waals surface area contributed by atoms with Gasteiger partial charge < -0.3 is 0 Å². The Morgan fingerprint density at radius 3 is 3.00 bits per heavy atom. The molecule has 3 heterocycles. The summed E-state index contributed by atoms with van der Waals surface area (Å²) in [7, 11) is 0. The topological polar surface area (TPSA) is 59.3 Å². The first-order valence-electron chi connectivity index (χ1n) is 5.81. The summed E-state index contributed by atoms with van der Waals surface area (Å²) < 4.78 is 1.80. The normalized spacial score (nSPS) is 10.8. The Kier molecular flexibility index (Phi) is 2.79. The van der Waals surface area contributed by atoms with Gasteiger partial charge in [0.25, 0.3) is 5.91 Å². The monoisotopic (exact) mass is 272 g/mol. The second-order valence-electron chi connectivity index (χ2n) is 4.27. The van der Waals surface area contributed by atoms with Crippen LogP contribution in [0, 0.1) is 13.8 Å². The maximum Gasteiger partial charge on any atom is 0.276 e. The molecule has 0 unspecified atom stereocenters. The van der Waals surface area contributed by atoms with Crippen molar-refractivity contribution in [2.45, 2.75) is 13.8 Å². The Morgan fingerprint density at radius 2 is 2.26 bits per heavy atom. The predicted octanol–water partition coefficient (Wildman–Crippen LogP) is 2.66. The molecule has 0 aliphatic carbocycles. The maximum absolute atomic E-state index is 12.3. The molecular formula is C13H12N4OS. The molecule has 1 N–H and O–H groups in total. The van der Waals surface area contributed by atoms with Gasteiger partial charge in [-0.1, -0.05) is 0 Å². The summed E-state index contributed by atoms with van der Waals surface area (Å²) in [5, 5.41) is 5.19. The molecule has 1 amide bonds. The minimum absolute atomic E-state index is 0.191. The number of imidazole rings is 1. The molecule has 3 aromatic heterocycles. The molecule has 0 aromatic carbocycles. The van der Waals surface area contributed by atoms with Gasteiger partial charge >= 0.3 is 0 Å². The van der Waals surface area contributed by atoms with Gasteiger partial charge in [0.05, 0.1) is 5.69 Å². The highest BCUT2D eigenvalue weighted by Gasteiger charge is 2.17. The number of anilines is 1. The van der Waals surface area contributed by atoms with E-state index < -0.39 is 0 Å². The third-order valence-electron chi connectivity index (χ3n) is 2.82. The molecule has 0 atom stereocenters. The van der Waals surface area contributed by atoms with Crippen LogP contribution in [-0.2, 0) is 0 Å². The number of thiazole rings is 1. The standard InChI is InChI=1S/C13H12N4OS/c1-8-3-5-17-10(7-8)15-9(2)11(17)12(18)16-13-14-4-6-19-13/h3-7H,1-2H3,(H,14,16,18). The van der Waals surface area contributed by atoms with E-state index in [2.05, 4.69) is 15.3 Å². The second-order valence-corrected chi connectivity index (χ2v) is 5.16. The van der Waals surface area contributed by atoms with Crippen LogP contribution in [-0.4, -0.2) is 20.3 Å². The van der Waals surface area contributed by atoms with Crippen molar-refractivity contribution in [2.24, 2.45) is 0 Å². The van der Waals surface area contributed by atoms with Gasteiger partial charge in [-0.3, -0.25) is 14.5 Å². The van der Waals surface area contributed by atoms with E-state index in [1.807, 2.05) is 37.6 Å². The fourth-order valence-electron chi connectivity index (χ4n) is 1.98. The summed E-state index contributed by atoms with van der Waals surface area (Å²) in [5.41, 5.74) is 3.15. The van der Waals surface area contributed by atoms with Crippen molar-refractivity contribution < 1.29 is 4.79 Å². The van der Waals surface area contributed by atoms with Gasteiger partial charge in [0.1, 0.15) is 11.3 Å². The lowest BCUT2D eigenvalue weighted by Crippen LogP contribution is -2.15. The number of nitrogens with zero attached hydrogens (tertiary/aromatic N) is 3. The van der Waals surface area contributed by atoms with Crippen LogP contribution in [0.5, 0.6) is 0 Å². The number of carbonyl (C=O) groups excluding carboxylic acids is 1. The number of aromatic nitrogens is 3. The van der Waals surface area contributed by atoms with E-state index >= 15 is 0 Å². The van der Waals surface area contributed by atoms with Crippen molar-refractivity contribution in [3.05, 3.63) is 46.9 Å². The minimum Gasteiger partial charge on any atom is -0.296 e. The van der Waals surface area contributed by atoms with Crippen LogP contribution in [0.15, 0.2) is 29.9 Å². The summed E-state index contributed by atoms with van der Waals surface area (Å²) in [6.45, 7) is 3.83. The molecule has 0 saturated carbocycles.